The highest BCUT2D eigenvalue weighted by molar-refractivity contribution is 5.92. The first-order valence-corrected chi connectivity index (χ1v) is 24.9. The van der Waals surface area contributed by atoms with E-state index in [0.717, 1.165) is 116 Å². The standard InChI is InChI=1S/C48H94N8O5/c1-2-3-4-5-6-7-8-9-10-11-12-14-17-21-24-36-45(58)55-43(34-27-30-39-51)48(61)56-42(33-26-29-38-50)47(60)53-40-31-22-19-16-13-15-18-20-23-35-44(57)54-41(46(52)59)32-25-28-37-49/h9-10,41-43H,2-8,11-40,49-51H2,1H3,(H2,52,59)(H,53,60)(H,54,57)(H,55,58)(H,56,61)/b10-9+. The van der Waals surface area contributed by atoms with E-state index < -0.39 is 24.0 Å². The number of nitrogens with one attached hydrogen (secondary N) is 4. The SMILES string of the molecule is CCCCCCCC/C=C/CCCCCCCC(=O)NC(CCCCN)C(=O)NC(CCCCN)C(=O)NCCCCCCCCCCCC(=O)NC(CCCCN)C(N)=O. The van der Waals surface area contributed by atoms with E-state index in [4.69, 9.17) is 22.9 Å². The van der Waals surface area contributed by atoms with E-state index in [1.807, 2.05) is 0 Å². The van der Waals surface area contributed by atoms with Crippen LogP contribution in [0.3, 0.4) is 0 Å². The minimum atomic E-state index is -0.704. The van der Waals surface area contributed by atoms with Crippen LogP contribution in [0.5, 0.6) is 0 Å². The second kappa shape index (κ2) is 43.6. The summed E-state index contributed by atoms with van der Waals surface area (Å²) in [7, 11) is 0. The number of carbonyl (C=O) groups is 5. The van der Waals surface area contributed by atoms with Crippen LogP contribution >= 0.6 is 0 Å². The third-order valence-electron chi connectivity index (χ3n) is 11.3. The van der Waals surface area contributed by atoms with Gasteiger partial charge in [0, 0.05) is 19.4 Å². The molecule has 61 heavy (non-hydrogen) atoms. The van der Waals surface area contributed by atoms with Crippen molar-refractivity contribution in [2.45, 2.75) is 237 Å². The molecule has 0 rings (SSSR count). The fraction of sp³-hybridized carbons (Fsp3) is 0.854. The van der Waals surface area contributed by atoms with E-state index in [1.165, 1.54) is 51.4 Å². The number of amides is 5. The highest BCUT2D eigenvalue weighted by Gasteiger charge is 2.26. The summed E-state index contributed by atoms with van der Waals surface area (Å²) >= 11 is 0. The number of primary amides is 1. The van der Waals surface area contributed by atoms with Crippen molar-refractivity contribution in [3.05, 3.63) is 12.2 Å². The minimum absolute atomic E-state index is 0.125. The number of hydrogen-bond acceptors (Lipinski definition) is 8. The number of unbranched alkanes of at least 4 members (excludes halogenated alkanes) is 22. The molecular formula is C48H94N8O5. The molecule has 12 N–H and O–H groups in total. The van der Waals surface area contributed by atoms with Crippen molar-refractivity contribution < 1.29 is 24.0 Å². The Bertz CT molecular complexity index is 1120. The average molecular weight is 863 g/mol. The Kier molecular flexibility index (Phi) is 41.4. The molecule has 3 atom stereocenters. The zero-order valence-corrected chi connectivity index (χ0v) is 38.9. The largest absolute Gasteiger partial charge is 0.368 e. The van der Waals surface area contributed by atoms with Gasteiger partial charge in [-0.3, -0.25) is 24.0 Å². The number of allylic oxidation sites excluding steroid dienone is 2. The monoisotopic (exact) mass is 863 g/mol. The van der Waals surface area contributed by atoms with Crippen LogP contribution in [0.4, 0.5) is 0 Å². The summed E-state index contributed by atoms with van der Waals surface area (Å²) in [4.78, 5) is 63.6. The van der Waals surface area contributed by atoms with Crippen LogP contribution in [0.25, 0.3) is 0 Å². The Hall–Kier alpha value is -3.03. The third-order valence-corrected chi connectivity index (χ3v) is 11.3. The van der Waals surface area contributed by atoms with E-state index in [9.17, 15) is 24.0 Å². The van der Waals surface area contributed by atoms with Crippen molar-refractivity contribution >= 4 is 29.5 Å². The van der Waals surface area contributed by atoms with Gasteiger partial charge in [0.25, 0.3) is 0 Å². The molecule has 0 spiro atoms. The van der Waals surface area contributed by atoms with Gasteiger partial charge < -0.3 is 44.2 Å². The van der Waals surface area contributed by atoms with Crippen LogP contribution < -0.4 is 44.2 Å². The summed E-state index contributed by atoms with van der Waals surface area (Å²) in [5.41, 5.74) is 22.4. The molecule has 0 fully saturated rings. The maximum Gasteiger partial charge on any atom is 0.243 e. The highest BCUT2D eigenvalue weighted by atomic mass is 16.2. The van der Waals surface area contributed by atoms with E-state index in [1.54, 1.807) is 0 Å². The first kappa shape index (κ1) is 58.0. The summed E-state index contributed by atoms with van der Waals surface area (Å²) in [5, 5.41) is 11.7. The molecule has 0 saturated carbocycles. The molecule has 5 amide bonds. The van der Waals surface area contributed by atoms with Gasteiger partial charge in [-0.1, -0.05) is 115 Å². The second-order valence-corrected chi connectivity index (χ2v) is 17.1. The molecule has 0 aliphatic carbocycles. The zero-order valence-electron chi connectivity index (χ0n) is 38.9. The van der Waals surface area contributed by atoms with Crippen molar-refractivity contribution in [1.82, 2.24) is 21.3 Å². The number of carbonyl (C=O) groups excluding carboxylic acids is 5. The molecule has 13 heteroatoms. The molecular weight excluding hydrogens is 769 g/mol. The zero-order chi connectivity index (χ0) is 45.0. The Morgan fingerprint density at radius 3 is 1.25 bits per heavy atom. The van der Waals surface area contributed by atoms with E-state index >= 15 is 0 Å². The highest BCUT2D eigenvalue weighted by Crippen LogP contribution is 2.13. The lowest BCUT2D eigenvalue weighted by Gasteiger charge is -2.23. The fourth-order valence-corrected chi connectivity index (χ4v) is 7.45. The molecule has 0 aliphatic rings. The Labute approximate surface area is 372 Å². The molecule has 0 aromatic rings. The maximum absolute atomic E-state index is 13.5. The lowest BCUT2D eigenvalue weighted by atomic mass is 10.0. The van der Waals surface area contributed by atoms with Gasteiger partial charge in [-0.25, -0.2) is 0 Å². The molecule has 13 nitrogen and oxygen atoms in total. The summed E-state index contributed by atoms with van der Waals surface area (Å²) < 4.78 is 0. The number of nitrogens with two attached hydrogens (primary N) is 4. The number of hydrogen-bond donors (Lipinski definition) is 8. The van der Waals surface area contributed by atoms with E-state index in [0.29, 0.717) is 71.1 Å². The molecule has 0 saturated heterocycles. The summed E-state index contributed by atoms with van der Waals surface area (Å²) in [6.45, 7) is 4.38. The van der Waals surface area contributed by atoms with Gasteiger partial charge in [-0.15, -0.1) is 0 Å². The van der Waals surface area contributed by atoms with Gasteiger partial charge in [0.1, 0.15) is 18.1 Å². The molecule has 0 radical (unpaired) electrons. The summed E-state index contributed by atoms with van der Waals surface area (Å²) in [6, 6.07) is -2.01. The lowest BCUT2D eigenvalue weighted by Crippen LogP contribution is -2.53. The molecule has 0 heterocycles. The van der Waals surface area contributed by atoms with E-state index in [-0.39, 0.29) is 23.6 Å². The average Bonchev–Trinajstić information content (AvgIpc) is 3.24. The molecule has 0 aromatic heterocycles. The Morgan fingerprint density at radius 1 is 0.426 bits per heavy atom. The minimum Gasteiger partial charge on any atom is -0.368 e. The van der Waals surface area contributed by atoms with Gasteiger partial charge in [-0.2, -0.15) is 0 Å². The van der Waals surface area contributed by atoms with Crippen LogP contribution in [-0.4, -0.2) is 73.8 Å². The Morgan fingerprint density at radius 2 is 0.803 bits per heavy atom. The van der Waals surface area contributed by atoms with Gasteiger partial charge in [0.2, 0.25) is 29.5 Å². The first-order chi connectivity index (χ1) is 29.7. The third kappa shape index (κ3) is 37.3. The summed E-state index contributed by atoms with van der Waals surface area (Å²) in [5.74, 6) is -1.27. The predicted molar refractivity (Wildman–Crippen MR) is 252 cm³/mol. The molecule has 0 bridgehead atoms. The lowest BCUT2D eigenvalue weighted by molar-refractivity contribution is -0.132. The predicted octanol–water partition coefficient (Wildman–Crippen LogP) is 7.37. The van der Waals surface area contributed by atoms with Gasteiger partial charge in [-0.05, 0) is 122 Å². The fourth-order valence-electron chi connectivity index (χ4n) is 7.45. The summed E-state index contributed by atoms with van der Waals surface area (Å²) in [6.07, 6.45) is 36.1. The van der Waals surface area contributed by atoms with E-state index in [2.05, 4.69) is 40.3 Å². The van der Waals surface area contributed by atoms with Crippen molar-refractivity contribution in [2.24, 2.45) is 22.9 Å². The molecule has 0 aromatic carbocycles. The Balaban J connectivity index is 4.46. The molecule has 356 valence electrons. The maximum atomic E-state index is 13.5. The van der Waals surface area contributed by atoms with Gasteiger partial charge in [0.15, 0.2) is 0 Å². The normalized spacial score (nSPS) is 12.9. The van der Waals surface area contributed by atoms with Crippen LogP contribution in [0.15, 0.2) is 12.2 Å². The van der Waals surface area contributed by atoms with Crippen molar-refractivity contribution in [1.29, 1.82) is 0 Å². The van der Waals surface area contributed by atoms with Gasteiger partial charge >= 0.3 is 0 Å². The van der Waals surface area contributed by atoms with Crippen LogP contribution in [0, 0.1) is 0 Å². The number of rotatable bonds is 45. The van der Waals surface area contributed by atoms with Crippen LogP contribution in [0.2, 0.25) is 0 Å². The van der Waals surface area contributed by atoms with Crippen molar-refractivity contribution in [3.63, 3.8) is 0 Å². The first-order valence-electron chi connectivity index (χ1n) is 24.9. The van der Waals surface area contributed by atoms with Crippen LogP contribution in [0.1, 0.15) is 219 Å². The topological polar surface area (TPSA) is 238 Å². The second-order valence-electron chi connectivity index (χ2n) is 17.1. The quantitative estimate of drug-likeness (QED) is 0.0227. The smallest absolute Gasteiger partial charge is 0.243 e. The van der Waals surface area contributed by atoms with Crippen molar-refractivity contribution in [2.75, 3.05) is 26.2 Å². The van der Waals surface area contributed by atoms with Gasteiger partial charge in [0.05, 0.1) is 0 Å². The molecule has 0 aliphatic heterocycles. The van der Waals surface area contributed by atoms with Crippen LogP contribution in [-0.2, 0) is 24.0 Å². The van der Waals surface area contributed by atoms with Crippen molar-refractivity contribution in [3.8, 4) is 0 Å². The molecule has 3 unspecified atom stereocenters.